The van der Waals surface area contributed by atoms with Crippen molar-refractivity contribution in [3.8, 4) is 0 Å². The lowest BCUT2D eigenvalue weighted by atomic mass is 9.84. The molecule has 1 rings (SSSR count). The lowest BCUT2D eigenvalue weighted by Gasteiger charge is -2.23. The molecule has 0 spiro atoms. The molecule has 0 aliphatic carbocycles. The molecule has 0 bridgehead atoms. The molecule has 0 amide bonds. The number of rotatable bonds is 6. The standard InChI is InChI=1S/C10H17N3O4/c1-10(2,4-3-7(14)15)5-6-13-8(16)11-12-9(13)17/h3-6H2,1-2H3,(H,11,16)(H,12,17)(H,14,15). The van der Waals surface area contributed by atoms with Crippen molar-refractivity contribution in [2.75, 3.05) is 0 Å². The number of aliphatic carboxylic acids is 1. The maximum absolute atomic E-state index is 11.2. The third kappa shape index (κ3) is 3.93. The molecule has 0 radical (unpaired) electrons. The molecule has 7 heteroatoms. The van der Waals surface area contributed by atoms with Gasteiger partial charge in [-0.2, -0.15) is 0 Å². The van der Waals surface area contributed by atoms with Crippen molar-refractivity contribution in [1.29, 1.82) is 0 Å². The average Bonchev–Trinajstić information content (AvgIpc) is 2.54. The van der Waals surface area contributed by atoms with Gasteiger partial charge in [-0.3, -0.25) is 4.79 Å². The first kappa shape index (κ1) is 13.3. The molecule has 1 heterocycles. The molecule has 7 nitrogen and oxygen atoms in total. The Bertz CT molecular complexity index is 467. The molecule has 1 aromatic heterocycles. The number of aromatic nitrogens is 3. The molecule has 0 saturated carbocycles. The van der Waals surface area contributed by atoms with E-state index in [1.807, 2.05) is 13.8 Å². The van der Waals surface area contributed by atoms with E-state index in [0.717, 1.165) is 4.57 Å². The molecule has 1 aromatic rings. The molecule has 0 aromatic carbocycles. The van der Waals surface area contributed by atoms with Gasteiger partial charge >= 0.3 is 17.3 Å². The van der Waals surface area contributed by atoms with Gasteiger partial charge < -0.3 is 5.11 Å². The van der Waals surface area contributed by atoms with Crippen LogP contribution in [0.4, 0.5) is 0 Å². The minimum absolute atomic E-state index is 0.0887. The molecule has 0 unspecified atom stereocenters. The average molecular weight is 243 g/mol. The maximum Gasteiger partial charge on any atom is 0.344 e. The zero-order chi connectivity index (χ0) is 13.1. The van der Waals surface area contributed by atoms with Gasteiger partial charge in [0, 0.05) is 13.0 Å². The van der Waals surface area contributed by atoms with Crippen LogP contribution in [0.2, 0.25) is 0 Å². The number of carbonyl (C=O) groups is 1. The fraction of sp³-hybridized carbons (Fsp3) is 0.700. The summed E-state index contributed by atoms with van der Waals surface area (Å²) in [6, 6.07) is 0. The van der Waals surface area contributed by atoms with Gasteiger partial charge in [-0.25, -0.2) is 24.4 Å². The van der Waals surface area contributed by atoms with Gasteiger partial charge in [0.05, 0.1) is 0 Å². The number of nitrogens with zero attached hydrogens (tertiary/aromatic N) is 1. The molecule has 96 valence electrons. The Labute approximate surface area is 97.5 Å². The Kier molecular flexibility index (Phi) is 3.93. The molecule has 0 saturated heterocycles. The summed E-state index contributed by atoms with van der Waals surface area (Å²) in [6.07, 6.45) is 1.17. The van der Waals surface area contributed by atoms with E-state index >= 15 is 0 Å². The van der Waals surface area contributed by atoms with Crippen molar-refractivity contribution < 1.29 is 9.90 Å². The summed E-state index contributed by atoms with van der Waals surface area (Å²) >= 11 is 0. The van der Waals surface area contributed by atoms with E-state index in [9.17, 15) is 14.4 Å². The Balaban J connectivity index is 2.58. The quantitative estimate of drug-likeness (QED) is 0.660. The third-order valence-electron chi connectivity index (χ3n) is 2.79. The van der Waals surface area contributed by atoms with Crippen molar-refractivity contribution in [2.24, 2.45) is 5.41 Å². The molecule has 0 atom stereocenters. The zero-order valence-electron chi connectivity index (χ0n) is 9.95. The molecule has 17 heavy (non-hydrogen) atoms. The Morgan fingerprint density at radius 3 is 2.24 bits per heavy atom. The summed E-state index contributed by atoms with van der Waals surface area (Å²) in [5.41, 5.74) is -1.16. The number of carboxylic acid groups (broad SMARTS) is 1. The van der Waals surface area contributed by atoms with Crippen molar-refractivity contribution in [1.82, 2.24) is 14.8 Å². The van der Waals surface area contributed by atoms with E-state index in [1.165, 1.54) is 0 Å². The first-order chi connectivity index (χ1) is 7.82. The van der Waals surface area contributed by atoms with Gasteiger partial charge in [0.15, 0.2) is 0 Å². The molecule has 0 aliphatic heterocycles. The summed E-state index contributed by atoms with van der Waals surface area (Å²) in [4.78, 5) is 32.9. The molecule has 3 N–H and O–H groups in total. The fourth-order valence-electron chi connectivity index (χ4n) is 1.52. The van der Waals surface area contributed by atoms with Gasteiger partial charge in [-0.1, -0.05) is 13.8 Å². The summed E-state index contributed by atoms with van der Waals surface area (Å²) in [5.74, 6) is -0.838. The second-order valence-electron chi connectivity index (χ2n) is 4.82. The highest BCUT2D eigenvalue weighted by molar-refractivity contribution is 5.66. The number of aromatic amines is 2. The van der Waals surface area contributed by atoms with Crippen LogP contribution in [0.5, 0.6) is 0 Å². The highest BCUT2D eigenvalue weighted by Gasteiger charge is 2.20. The van der Waals surface area contributed by atoms with Crippen LogP contribution in [0.25, 0.3) is 0 Å². The van der Waals surface area contributed by atoms with Gasteiger partial charge in [0.25, 0.3) is 0 Å². The second kappa shape index (κ2) is 5.03. The van der Waals surface area contributed by atoms with Crippen molar-refractivity contribution in [3.05, 3.63) is 21.0 Å². The minimum Gasteiger partial charge on any atom is -0.481 e. The number of H-pyrrole nitrogens is 2. The lowest BCUT2D eigenvalue weighted by Crippen LogP contribution is -2.29. The van der Waals surface area contributed by atoms with Gasteiger partial charge in [0.2, 0.25) is 0 Å². The highest BCUT2D eigenvalue weighted by atomic mass is 16.4. The monoisotopic (exact) mass is 243 g/mol. The highest BCUT2D eigenvalue weighted by Crippen LogP contribution is 2.26. The molecular weight excluding hydrogens is 226 g/mol. The molecule has 0 aliphatic rings. The summed E-state index contributed by atoms with van der Waals surface area (Å²) in [7, 11) is 0. The van der Waals surface area contributed by atoms with Crippen LogP contribution in [0.3, 0.4) is 0 Å². The van der Waals surface area contributed by atoms with Crippen LogP contribution in [0.15, 0.2) is 9.59 Å². The molecular formula is C10H17N3O4. The van der Waals surface area contributed by atoms with Crippen LogP contribution in [-0.2, 0) is 11.3 Å². The van der Waals surface area contributed by atoms with E-state index in [2.05, 4.69) is 10.2 Å². The first-order valence-corrected chi connectivity index (χ1v) is 5.41. The molecule has 0 fully saturated rings. The topological polar surface area (TPSA) is 108 Å². The smallest absolute Gasteiger partial charge is 0.344 e. The van der Waals surface area contributed by atoms with E-state index in [0.29, 0.717) is 12.8 Å². The Hall–Kier alpha value is -1.79. The van der Waals surface area contributed by atoms with Gasteiger partial charge in [0.1, 0.15) is 0 Å². The predicted molar refractivity (Wildman–Crippen MR) is 60.9 cm³/mol. The lowest BCUT2D eigenvalue weighted by molar-refractivity contribution is -0.137. The number of hydrogen-bond acceptors (Lipinski definition) is 3. The van der Waals surface area contributed by atoms with Crippen molar-refractivity contribution >= 4 is 5.97 Å². The van der Waals surface area contributed by atoms with E-state index in [1.54, 1.807) is 0 Å². The summed E-state index contributed by atoms with van der Waals surface area (Å²) in [5, 5.41) is 13.0. The Morgan fingerprint density at radius 1 is 1.24 bits per heavy atom. The van der Waals surface area contributed by atoms with Crippen LogP contribution in [0.1, 0.15) is 33.1 Å². The van der Waals surface area contributed by atoms with Crippen molar-refractivity contribution in [2.45, 2.75) is 39.7 Å². The zero-order valence-corrected chi connectivity index (χ0v) is 9.95. The van der Waals surface area contributed by atoms with Crippen LogP contribution >= 0.6 is 0 Å². The minimum atomic E-state index is -0.838. The largest absolute Gasteiger partial charge is 0.481 e. The van der Waals surface area contributed by atoms with Crippen molar-refractivity contribution in [3.63, 3.8) is 0 Å². The number of hydrogen-bond donors (Lipinski definition) is 3. The van der Waals surface area contributed by atoms with Gasteiger partial charge in [-0.15, -0.1) is 0 Å². The second-order valence-corrected chi connectivity index (χ2v) is 4.82. The Morgan fingerprint density at radius 2 is 1.76 bits per heavy atom. The third-order valence-corrected chi connectivity index (χ3v) is 2.79. The normalized spacial score (nSPS) is 11.6. The fourth-order valence-corrected chi connectivity index (χ4v) is 1.52. The predicted octanol–water partition coefficient (Wildman–Crippen LogP) is 0.146. The van der Waals surface area contributed by atoms with Gasteiger partial charge in [-0.05, 0) is 18.3 Å². The number of carboxylic acids is 1. The van der Waals surface area contributed by atoms with E-state index in [4.69, 9.17) is 5.11 Å². The maximum atomic E-state index is 11.2. The SMILES string of the molecule is CC(C)(CCC(=O)O)CCn1c(=O)[nH][nH]c1=O. The van der Waals surface area contributed by atoms with E-state index < -0.39 is 17.3 Å². The van der Waals surface area contributed by atoms with E-state index in [-0.39, 0.29) is 18.4 Å². The number of nitrogens with one attached hydrogen (secondary N) is 2. The summed E-state index contributed by atoms with van der Waals surface area (Å²) < 4.78 is 1.07. The first-order valence-electron chi connectivity index (χ1n) is 5.41. The van der Waals surface area contributed by atoms with Crippen LogP contribution in [0, 0.1) is 5.41 Å². The van der Waals surface area contributed by atoms with Crippen LogP contribution < -0.4 is 11.4 Å². The summed E-state index contributed by atoms with van der Waals surface area (Å²) in [6.45, 7) is 4.12. The van der Waals surface area contributed by atoms with Crippen LogP contribution in [-0.4, -0.2) is 25.8 Å².